The summed E-state index contributed by atoms with van der Waals surface area (Å²) >= 11 is 12.0. The summed E-state index contributed by atoms with van der Waals surface area (Å²) in [6.45, 7) is 0.890. The van der Waals surface area contributed by atoms with Crippen LogP contribution in [0.25, 0.3) is 0 Å². The summed E-state index contributed by atoms with van der Waals surface area (Å²) in [5.74, 6) is -0.111. The molecule has 2 rings (SSSR count). The molecule has 112 valence electrons. The maximum absolute atomic E-state index is 12.1. The van der Waals surface area contributed by atoms with Gasteiger partial charge in [0.25, 0.3) is 0 Å². The maximum atomic E-state index is 12.1. The molecule has 0 saturated carbocycles. The van der Waals surface area contributed by atoms with Crippen LogP contribution >= 0.6 is 23.2 Å². The first-order chi connectivity index (χ1) is 9.44. The number of benzene rings is 1. The molecule has 1 aromatic carbocycles. The molecule has 0 amide bonds. The predicted molar refractivity (Wildman–Crippen MR) is 80.9 cm³/mol. The standard InChI is InChI=1S/C13H17Cl2NO3S/c1-16-20(17,18)13-4-5-19-8-10(13)6-9-2-3-11(14)7-12(9)15/h2-3,7,10,13,16H,4-6,8H2,1H3/t10-,13+/m1/s1. The highest BCUT2D eigenvalue weighted by Gasteiger charge is 2.35. The van der Waals surface area contributed by atoms with Crippen LogP contribution in [0.4, 0.5) is 0 Å². The van der Waals surface area contributed by atoms with Gasteiger partial charge in [-0.25, -0.2) is 13.1 Å². The van der Waals surface area contributed by atoms with Crippen LogP contribution in [-0.2, 0) is 21.2 Å². The van der Waals surface area contributed by atoms with Gasteiger partial charge in [-0.3, -0.25) is 0 Å². The van der Waals surface area contributed by atoms with E-state index in [-0.39, 0.29) is 5.92 Å². The van der Waals surface area contributed by atoms with Crippen LogP contribution < -0.4 is 4.72 Å². The van der Waals surface area contributed by atoms with E-state index in [0.29, 0.717) is 36.1 Å². The van der Waals surface area contributed by atoms with Crippen molar-refractivity contribution in [1.29, 1.82) is 0 Å². The van der Waals surface area contributed by atoms with Crippen molar-refractivity contribution in [3.63, 3.8) is 0 Å². The Labute approximate surface area is 129 Å². The molecule has 1 aliphatic rings. The molecule has 0 aromatic heterocycles. The van der Waals surface area contributed by atoms with Crippen LogP contribution in [0, 0.1) is 5.92 Å². The highest BCUT2D eigenvalue weighted by atomic mass is 35.5. The molecule has 1 saturated heterocycles. The largest absolute Gasteiger partial charge is 0.381 e. The fourth-order valence-corrected chi connectivity index (χ4v) is 4.37. The molecule has 1 aromatic rings. The Kier molecular flexibility index (Phi) is 5.31. The second kappa shape index (κ2) is 6.62. The minimum Gasteiger partial charge on any atom is -0.381 e. The second-order valence-electron chi connectivity index (χ2n) is 4.85. The first-order valence-corrected chi connectivity index (χ1v) is 8.68. The van der Waals surface area contributed by atoms with Crippen molar-refractivity contribution in [2.24, 2.45) is 5.92 Å². The van der Waals surface area contributed by atoms with Crippen molar-refractivity contribution < 1.29 is 13.2 Å². The topological polar surface area (TPSA) is 55.4 Å². The summed E-state index contributed by atoms with van der Waals surface area (Å²) in [6.07, 6.45) is 1.06. The summed E-state index contributed by atoms with van der Waals surface area (Å²) in [5, 5.41) is 0.676. The quantitative estimate of drug-likeness (QED) is 0.918. The van der Waals surface area contributed by atoms with Crippen LogP contribution in [-0.4, -0.2) is 33.9 Å². The molecule has 1 heterocycles. The lowest BCUT2D eigenvalue weighted by molar-refractivity contribution is 0.0571. The lowest BCUT2D eigenvalue weighted by atomic mass is 9.93. The molecule has 1 fully saturated rings. The zero-order valence-corrected chi connectivity index (χ0v) is 13.4. The van der Waals surface area contributed by atoms with Gasteiger partial charge in [-0.1, -0.05) is 29.3 Å². The smallest absolute Gasteiger partial charge is 0.214 e. The van der Waals surface area contributed by atoms with Gasteiger partial charge in [0.1, 0.15) is 0 Å². The molecule has 4 nitrogen and oxygen atoms in total. The van der Waals surface area contributed by atoms with Crippen molar-refractivity contribution in [3.8, 4) is 0 Å². The molecular formula is C13H17Cl2NO3S. The van der Waals surface area contributed by atoms with Crippen molar-refractivity contribution in [2.75, 3.05) is 20.3 Å². The Morgan fingerprint density at radius 3 is 2.80 bits per heavy atom. The molecule has 0 radical (unpaired) electrons. The van der Waals surface area contributed by atoms with Crippen LogP contribution in [0.2, 0.25) is 10.0 Å². The summed E-state index contributed by atoms with van der Waals surface area (Å²) in [6, 6.07) is 5.26. The first-order valence-electron chi connectivity index (χ1n) is 6.38. The molecule has 0 spiro atoms. The summed E-state index contributed by atoms with van der Waals surface area (Å²) in [5.41, 5.74) is 0.892. The average Bonchev–Trinajstić information content (AvgIpc) is 2.42. The van der Waals surface area contributed by atoms with E-state index >= 15 is 0 Å². The normalized spacial score (nSPS) is 23.8. The number of halogens is 2. The summed E-state index contributed by atoms with van der Waals surface area (Å²) < 4.78 is 32.0. The molecular weight excluding hydrogens is 321 g/mol. The average molecular weight is 338 g/mol. The third-order valence-electron chi connectivity index (χ3n) is 3.58. The van der Waals surface area contributed by atoms with E-state index in [1.54, 1.807) is 12.1 Å². The summed E-state index contributed by atoms with van der Waals surface area (Å²) in [7, 11) is -1.87. The third-order valence-corrected chi connectivity index (χ3v) is 6.16. The molecule has 20 heavy (non-hydrogen) atoms. The van der Waals surface area contributed by atoms with Gasteiger partial charge in [-0.15, -0.1) is 0 Å². The zero-order valence-electron chi connectivity index (χ0n) is 11.1. The molecule has 1 N–H and O–H groups in total. The molecule has 0 unspecified atom stereocenters. The van der Waals surface area contributed by atoms with Gasteiger partial charge in [0, 0.05) is 22.6 Å². The number of hydrogen-bond acceptors (Lipinski definition) is 3. The molecule has 2 atom stereocenters. The van der Waals surface area contributed by atoms with E-state index in [9.17, 15) is 8.42 Å². The molecule has 7 heteroatoms. The Bertz CT molecular complexity index is 577. The second-order valence-corrected chi connectivity index (χ2v) is 7.80. The molecule has 1 aliphatic heterocycles. The number of ether oxygens (including phenoxy) is 1. The molecule has 0 aliphatic carbocycles. The maximum Gasteiger partial charge on any atom is 0.214 e. The van der Waals surface area contributed by atoms with Gasteiger partial charge in [0.2, 0.25) is 10.0 Å². The lowest BCUT2D eigenvalue weighted by Gasteiger charge is -2.31. The van der Waals surface area contributed by atoms with Crippen LogP contribution in [0.5, 0.6) is 0 Å². The molecule has 0 bridgehead atoms. The van der Waals surface area contributed by atoms with Gasteiger partial charge in [0.05, 0.1) is 11.9 Å². The van der Waals surface area contributed by atoms with Crippen LogP contribution in [0.1, 0.15) is 12.0 Å². The third kappa shape index (κ3) is 3.65. The van der Waals surface area contributed by atoms with Crippen LogP contribution in [0.3, 0.4) is 0 Å². The Balaban J connectivity index is 2.21. The van der Waals surface area contributed by atoms with Crippen LogP contribution in [0.15, 0.2) is 18.2 Å². The van der Waals surface area contributed by atoms with Gasteiger partial charge in [0.15, 0.2) is 0 Å². The fraction of sp³-hybridized carbons (Fsp3) is 0.538. The summed E-state index contributed by atoms with van der Waals surface area (Å²) in [4.78, 5) is 0. The number of sulfonamides is 1. The zero-order chi connectivity index (χ0) is 14.8. The number of hydrogen-bond donors (Lipinski definition) is 1. The highest BCUT2D eigenvalue weighted by Crippen LogP contribution is 2.29. The predicted octanol–water partition coefficient (Wildman–Crippen LogP) is 2.49. The van der Waals surface area contributed by atoms with E-state index in [1.165, 1.54) is 7.05 Å². The highest BCUT2D eigenvalue weighted by molar-refractivity contribution is 7.90. The van der Waals surface area contributed by atoms with E-state index in [1.807, 2.05) is 6.07 Å². The Morgan fingerprint density at radius 2 is 2.15 bits per heavy atom. The number of nitrogens with one attached hydrogen (secondary N) is 1. The minimum atomic E-state index is -3.31. The lowest BCUT2D eigenvalue weighted by Crippen LogP contribution is -2.43. The van der Waals surface area contributed by atoms with Crippen molar-refractivity contribution in [2.45, 2.75) is 18.1 Å². The monoisotopic (exact) mass is 337 g/mol. The van der Waals surface area contributed by atoms with E-state index in [2.05, 4.69) is 4.72 Å². The van der Waals surface area contributed by atoms with Crippen molar-refractivity contribution in [1.82, 2.24) is 4.72 Å². The Hall–Kier alpha value is -0.330. The van der Waals surface area contributed by atoms with E-state index in [0.717, 1.165) is 5.56 Å². The minimum absolute atomic E-state index is 0.111. The van der Waals surface area contributed by atoms with Gasteiger partial charge in [-0.05, 0) is 37.6 Å². The first kappa shape index (κ1) is 16.0. The SMILES string of the molecule is CNS(=O)(=O)[C@H]1CCOC[C@H]1Cc1ccc(Cl)cc1Cl. The number of rotatable bonds is 4. The van der Waals surface area contributed by atoms with Crippen molar-refractivity contribution >= 4 is 33.2 Å². The fourth-order valence-electron chi connectivity index (χ4n) is 2.50. The van der Waals surface area contributed by atoms with E-state index < -0.39 is 15.3 Å². The van der Waals surface area contributed by atoms with Gasteiger partial charge in [-0.2, -0.15) is 0 Å². The Morgan fingerprint density at radius 1 is 1.40 bits per heavy atom. The van der Waals surface area contributed by atoms with E-state index in [4.69, 9.17) is 27.9 Å². The van der Waals surface area contributed by atoms with Crippen molar-refractivity contribution in [3.05, 3.63) is 33.8 Å². The van der Waals surface area contributed by atoms with Gasteiger partial charge < -0.3 is 4.74 Å². The van der Waals surface area contributed by atoms with Gasteiger partial charge >= 0.3 is 0 Å².